The van der Waals surface area contributed by atoms with Gasteiger partial charge in [0.2, 0.25) is 0 Å². The van der Waals surface area contributed by atoms with Crippen molar-refractivity contribution in [1.82, 2.24) is 0 Å². The van der Waals surface area contributed by atoms with Crippen LogP contribution in [0.5, 0.6) is 0 Å². The van der Waals surface area contributed by atoms with Crippen molar-refractivity contribution in [2.75, 3.05) is 5.32 Å². The van der Waals surface area contributed by atoms with Gasteiger partial charge in [0.05, 0.1) is 10.0 Å². The summed E-state index contributed by atoms with van der Waals surface area (Å²) in [6.45, 7) is 0.0887. The van der Waals surface area contributed by atoms with Crippen molar-refractivity contribution in [1.29, 1.82) is 0 Å². The maximum Gasteiger partial charge on any atom is 0.418 e. The monoisotopic (exact) mass is 347 g/mol. The highest BCUT2D eigenvalue weighted by molar-refractivity contribution is 9.10. The minimum absolute atomic E-state index is 0.0313. The van der Waals surface area contributed by atoms with E-state index in [1.54, 1.807) is 6.07 Å². The Labute approximate surface area is 121 Å². The van der Waals surface area contributed by atoms with Crippen LogP contribution >= 0.6 is 15.9 Å². The Bertz CT molecular complexity index is 610. The van der Waals surface area contributed by atoms with E-state index in [1.807, 2.05) is 0 Å². The average molecular weight is 348 g/mol. The predicted molar refractivity (Wildman–Crippen MR) is 72.9 cm³/mol. The molecule has 0 aliphatic heterocycles. The van der Waals surface area contributed by atoms with E-state index < -0.39 is 17.6 Å². The topological polar surface area (TPSA) is 12.0 Å². The lowest BCUT2D eigenvalue weighted by Gasteiger charge is -2.15. The summed E-state index contributed by atoms with van der Waals surface area (Å²) in [6.07, 6.45) is -4.43. The van der Waals surface area contributed by atoms with Crippen LogP contribution in [0.3, 0.4) is 0 Å². The van der Waals surface area contributed by atoms with Crippen LogP contribution in [0.15, 0.2) is 46.9 Å². The zero-order valence-corrected chi connectivity index (χ0v) is 11.7. The van der Waals surface area contributed by atoms with E-state index in [-0.39, 0.29) is 16.7 Å². The van der Waals surface area contributed by atoms with Gasteiger partial charge in [-0.2, -0.15) is 13.2 Å². The Morgan fingerprint density at radius 2 is 1.70 bits per heavy atom. The maximum absolute atomic E-state index is 13.3. The number of hydrogen-bond acceptors (Lipinski definition) is 1. The molecule has 0 unspecified atom stereocenters. The first-order chi connectivity index (χ1) is 9.39. The van der Waals surface area contributed by atoms with E-state index in [0.29, 0.717) is 5.56 Å². The molecular weight excluding hydrogens is 338 g/mol. The van der Waals surface area contributed by atoms with Crippen molar-refractivity contribution in [3.05, 3.63) is 63.9 Å². The third kappa shape index (κ3) is 3.30. The van der Waals surface area contributed by atoms with E-state index in [9.17, 15) is 17.6 Å². The molecule has 1 N–H and O–H groups in total. The molecule has 2 aromatic rings. The van der Waals surface area contributed by atoms with Crippen LogP contribution in [0.25, 0.3) is 0 Å². The van der Waals surface area contributed by atoms with Crippen molar-refractivity contribution in [2.45, 2.75) is 12.7 Å². The molecule has 2 aromatic carbocycles. The molecule has 0 amide bonds. The van der Waals surface area contributed by atoms with Crippen molar-refractivity contribution < 1.29 is 17.6 Å². The highest BCUT2D eigenvalue weighted by Gasteiger charge is 2.33. The smallest absolute Gasteiger partial charge is 0.380 e. The van der Waals surface area contributed by atoms with Gasteiger partial charge < -0.3 is 5.32 Å². The molecule has 0 atom stereocenters. The zero-order valence-electron chi connectivity index (χ0n) is 10.1. The Morgan fingerprint density at radius 1 is 1.00 bits per heavy atom. The molecule has 0 saturated carbocycles. The van der Waals surface area contributed by atoms with Crippen LogP contribution in [0.1, 0.15) is 11.1 Å². The van der Waals surface area contributed by atoms with E-state index in [4.69, 9.17) is 0 Å². The van der Waals surface area contributed by atoms with Crippen LogP contribution < -0.4 is 5.32 Å². The van der Waals surface area contributed by atoms with Gasteiger partial charge >= 0.3 is 6.18 Å². The van der Waals surface area contributed by atoms with Gasteiger partial charge in [0.15, 0.2) is 0 Å². The Hall–Kier alpha value is -1.56. The molecule has 0 aliphatic rings. The highest BCUT2D eigenvalue weighted by Crippen LogP contribution is 2.35. The summed E-state index contributed by atoms with van der Waals surface area (Å²) in [6, 6.07) is 9.60. The van der Waals surface area contributed by atoms with Gasteiger partial charge in [-0.1, -0.05) is 24.3 Å². The van der Waals surface area contributed by atoms with E-state index in [2.05, 4.69) is 21.2 Å². The summed E-state index contributed by atoms with van der Waals surface area (Å²) in [5, 5.41) is 2.69. The van der Waals surface area contributed by atoms with E-state index in [1.165, 1.54) is 30.3 Å². The van der Waals surface area contributed by atoms with Crippen molar-refractivity contribution in [2.24, 2.45) is 0 Å². The lowest BCUT2D eigenvalue weighted by atomic mass is 10.1. The molecule has 0 bridgehead atoms. The fourth-order valence-corrected chi connectivity index (χ4v) is 2.16. The quantitative estimate of drug-likeness (QED) is 0.750. The standard InChI is InChI=1S/C14H10BrF4N/c15-13-9(4-3-6-11(13)16)8-20-12-7-2-1-5-10(12)14(17,18)19/h1-7,20H,8H2. The average Bonchev–Trinajstić information content (AvgIpc) is 2.40. The second-order valence-corrected chi connectivity index (χ2v) is 4.90. The van der Waals surface area contributed by atoms with Crippen LogP contribution in [0, 0.1) is 5.82 Å². The summed E-state index contributed by atoms with van der Waals surface area (Å²) in [5.74, 6) is -0.451. The number of para-hydroxylation sites is 1. The van der Waals surface area contributed by atoms with Crippen LogP contribution in [-0.2, 0) is 12.7 Å². The second-order valence-electron chi connectivity index (χ2n) is 4.11. The molecule has 0 saturated heterocycles. The number of alkyl halides is 3. The number of hydrogen-bond donors (Lipinski definition) is 1. The summed E-state index contributed by atoms with van der Waals surface area (Å²) < 4.78 is 52.0. The number of rotatable bonds is 3. The molecular formula is C14H10BrF4N. The molecule has 1 nitrogen and oxygen atoms in total. The van der Waals surface area contributed by atoms with Gasteiger partial charge in [0, 0.05) is 12.2 Å². The first kappa shape index (κ1) is 14.8. The lowest BCUT2D eigenvalue weighted by molar-refractivity contribution is -0.136. The number of nitrogens with one attached hydrogen (secondary N) is 1. The summed E-state index contributed by atoms with van der Waals surface area (Å²) in [5.41, 5.74) is -0.231. The Morgan fingerprint density at radius 3 is 2.40 bits per heavy atom. The Kier molecular flexibility index (Phi) is 4.32. The lowest BCUT2D eigenvalue weighted by Crippen LogP contribution is -2.11. The summed E-state index contributed by atoms with van der Waals surface area (Å²) in [7, 11) is 0. The largest absolute Gasteiger partial charge is 0.418 e. The molecule has 0 aliphatic carbocycles. The van der Waals surface area contributed by atoms with Gasteiger partial charge in [-0.15, -0.1) is 0 Å². The Balaban J connectivity index is 2.22. The van der Waals surface area contributed by atoms with Gasteiger partial charge in [-0.05, 0) is 39.7 Å². The van der Waals surface area contributed by atoms with Crippen LogP contribution in [0.2, 0.25) is 0 Å². The molecule has 0 heterocycles. The molecule has 0 spiro atoms. The van der Waals surface area contributed by atoms with Crippen molar-refractivity contribution in [3.63, 3.8) is 0 Å². The van der Waals surface area contributed by atoms with Gasteiger partial charge in [-0.25, -0.2) is 4.39 Å². The molecule has 2 rings (SSSR count). The van der Waals surface area contributed by atoms with Crippen LogP contribution in [-0.4, -0.2) is 0 Å². The zero-order chi connectivity index (χ0) is 14.8. The first-order valence-electron chi connectivity index (χ1n) is 5.72. The predicted octanol–water partition coefficient (Wildman–Crippen LogP) is 5.22. The maximum atomic E-state index is 13.3. The molecule has 0 aromatic heterocycles. The van der Waals surface area contributed by atoms with Crippen molar-refractivity contribution in [3.8, 4) is 0 Å². The van der Waals surface area contributed by atoms with Gasteiger partial charge in [-0.3, -0.25) is 0 Å². The third-order valence-corrected chi connectivity index (χ3v) is 3.62. The number of halogens is 5. The number of anilines is 1. The minimum atomic E-state index is -4.43. The molecule has 6 heteroatoms. The number of benzene rings is 2. The molecule has 0 radical (unpaired) electrons. The normalized spacial score (nSPS) is 11.4. The van der Waals surface area contributed by atoms with Crippen LogP contribution in [0.4, 0.5) is 23.2 Å². The fraction of sp³-hybridized carbons (Fsp3) is 0.143. The summed E-state index contributed by atoms with van der Waals surface area (Å²) >= 11 is 3.07. The highest BCUT2D eigenvalue weighted by atomic mass is 79.9. The minimum Gasteiger partial charge on any atom is -0.380 e. The fourth-order valence-electron chi connectivity index (χ4n) is 1.76. The first-order valence-corrected chi connectivity index (χ1v) is 6.52. The van der Waals surface area contributed by atoms with E-state index in [0.717, 1.165) is 6.07 Å². The summed E-state index contributed by atoms with van der Waals surface area (Å²) in [4.78, 5) is 0. The van der Waals surface area contributed by atoms with E-state index >= 15 is 0 Å². The molecule has 106 valence electrons. The molecule has 20 heavy (non-hydrogen) atoms. The molecule has 0 fully saturated rings. The van der Waals surface area contributed by atoms with Crippen molar-refractivity contribution >= 4 is 21.6 Å². The van der Waals surface area contributed by atoms with Gasteiger partial charge in [0.1, 0.15) is 5.82 Å². The SMILES string of the molecule is Fc1cccc(CNc2ccccc2C(F)(F)F)c1Br. The second kappa shape index (κ2) is 5.83. The third-order valence-electron chi connectivity index (χ3n) is 2.73. The van der Waals surface area contributed by atoms with Gasteiger partial charge in [0.25, 0.3) is 0 Å².